The molecule has 0 aliphatic carbocycles. The molecule has 0 fully saturated rings. The number of carbonyl (C=O) groups excluding carboxylic acids is 1. The number of aromatic nitrogens is 2. The van der Waals surface area contributed by atoms with Gasteiger partial charge < -0.3 is 5.32 Å². The molecule has 8 heteroatoms. The first-order chi connectivity index (χ1) is 11.6. The number of thioether (sulfide) groups is 1. The van der Waals surface area contributed by atoms with Crippen LogP contribution in [0.2, 0.25) is 0 Å². The molecule has 0 saturated carbocycles. The molecule has 1 aromatic carbocycles. The van der Waals surface area contributed by atoms with Gasteiger partial charge >= 0.3 is 0 Å². The van der Waals surface area contributed by atoms with Crippen LogP contribution in [0.1, 0.15) is 5.56 Å². The summed E-state index contributed by atoms with van der Waals surface area (Å²) in [4.78, 5) is 26.9. The van der Waals surface area contributed by atoms with Gasteiger partial charge in [0.05, 0.1) is 33.6 Å². The van der Waals surface area contributed by atoms with Crippen LogP contribution >= 0.6 is 11.8 Å². The molecule has 3 rings (SSSR count). The van der Waals surface area contributed by atoms with Crippen molar-refractivity contribution in [2.75, 3.05) is 11.1 Å². The summed E-state index contributed by atoms with van der Waals surface area (Å²) < 4.78 is 1.90. The number of anilines is 1. The monoisotopic (exact) mass is 342 g/mol. The molecule has 7 nitrogen and oxygen atoms in total. The topological polar surface area (TPSA) is 89.5 Å². The van der Waals surface area contributed by atoms with Crippen molar-refractivity contribution < 1.29 is 9.72 Å². The summed E-state index contributed by atoms with van der Waals surface area (Å²) in [7, 11) is 0. The fraction of sp³-hybridized carbons (Fsp3) is 0.125. The minimum atomic E-state index is -0.462. The lowest BCUT2D eigenvalue weighted by molar-refractivity contribution is -0.385. The van der Waals surface area contributed by atoms with Gasteiger partial charge in [-0.3, -0.25) is 19.3 Å². The molecule has 0 aliphatic rings. The molecule has 3 aromatic rings. The van der Waals surface area contributed by atoms with E-state index in [1.807, 2.05) is 28.8 Å². The molecular formula is C16H14N4O3S. The molecule has 2 heterocycles. The van der Waals surface area contributed by atoms with Gasteiger partial charge in [-0.2, -0.15) is 0 Å². The number of hydrogen-bond donors (Lipinski definition) is 1. The molecule has 1 N–H and O–H groups in total. The first kappa shape index (κ1) is 16.0. The highest BCUT2D eigenvalue weighted by Crippen LogP contribution is 2.25. The second kappa shape index (κ2) is 6.71. The molecule has 0 unspecified atom stereocenters. The van der Waals surface area contributed by atoms with E-state index in [-0.39, 0.29) is 17.3 Å². The van der Waals surface area contributed by atoms with Crippen LogP contribution in [0.3, 0.4) is 0 Å². The maximum Gasteiger partial charge on any atom is 0.274 e. The maximum atomic E-state index is 12.1. The first-order valence-corrected chi connectivity index (χ1v) is 8.13. The Morgan fingerprint density at radius 2 is 2.17 bits per heavy atom. The third kappa shape index (κ3) is 3.23. The molecule has 0 atom stereocenters. The van der Waals surface area contributed by atoms with Gasteiger partial charge in [-0.05, 0) is 25.1 Å². The van der Waals surface area contributed by atoms with Crippen LogP contribution in [0.5, 0.6) is 0 Å². The van der Waals surface area contributed by atoms with E-state index >= 15 is 0 Å². The van der Waals surface area contributed by atoms with Crippen molar-refractivity contribution in [3.05, 3.63) is 64.5 Å². The molecule has 0 spiro atoms. The van der Waals surface area contributed by atoms with Gasteiger partial charge in [0.15, 0.2) is 5.16 Å². The molecule has 0 saturated heterocycles. The number of nitrogens with zero attached hydrogens (tertiary/aromatic N) is 3. The highest BCUT2D eigenvalue weighted by atomic mass is 32.2. The van der Waals surface area contributed by atoms with Crippen molar-refractivity contribution >= 4 is 34.6 Å². The fourth-order valence-electron chi connectivity index (χ4n) is 2.30. The number of imidazole rings is 1. The molecule has 2 aromatic heterocycles. The van der Waals surface area contributed by atoms with Gasteiger partial charge in [0.2, 0.25) is 5.91 Å². The van der Waals surface area contributed by atoms with Crippen molar-refractivity contribution in [3.8, 4) is 0 Å². The van der Waals surface area contributed by atoms with Crippen molar-refractivity contribution in [1.29, 1.82) is 0 Å². The lowest BCUT2D eigenvalue weighted by Crippen LogP contribution is -2.15. The summed E-state index contributed by atoms with van der Waals surface area (Å²) in [6.07, 6.45) is 3.62. The second-order valence-electron chi connectivity index (χ2n) is 5.08. The van der Waals surface area contributed by atoms with Crippen molar-refractivity contribution in [2.45, 2.75) is 12.1 Å². The van der Waals surface area contributed by atoms with E-state index in [1.54, 1.807) is 25.3 Å². The number of nitro groups is 1. The normalized spacial score (nSPS) is 10.7. The Morgan fingerprint density at radius 1 is 1.33 bits per heavy atom. The van der Waals surface area contributed by atoms with Crippen LogP contribution in [0, 0.1) is 17.0 Å². The predicted octanol–water partition coefficient (Wildman–Crippen LogP) is 3.28. The molecule has 0 aliphatic heterocycles. The Balaban J connectivity index is 1.68. The van der Waals surface area contributed by atoms with E-state index in [0.29, 0.717) is 11.3 Å². The standard InChI is InChI=1S/C16H14N4O3S/c1-11-13(6-4-7-14(11)20(22)23)18-15(21)10-24-16-17-9-12-5-2-3-8-19(12)16/h2-9H,10H2,1H3,(H,18,21). The van der Waals surface area contributed by atoms with Gasteiger partial charge in [0.1, 0.15) is 0 Å². The average Bonchev–Trinajstić information content (AvgIpc) is 2.98. The fourth-order valence-corrected chi connectivity index (χ4v) is 3.06. The van der Waals surface area contributed by atoms with Gasteiger partial charge in [0, 0.05) is 12.3 Å². The van der Waals surface area contributed by atoms with E-state index in [2.05, 4.69) is 10.3 Å². The van der Waals surface area contributed by atoms with Crippen LogP contribution in [-0.4, -0.2) is 26.0 Å². The number of amides is 1. The third-order valence-electron chi connectivity index (χ3n) is 3.51. The molecule has 122 valence electrons. The zero-order chi connectivity index (χ0) is 17.1. The summed E-state index contributed by atoms with van der Waals surface area (Å²) in [5.41, 5.74) is 1.82. The zero-order valence-corrected chi connectivity index (χ0v) is 13.6. The van der Waals surface area contributed by atoms with Crippen LogP contribution < -0.4 is 5.32 Å². The van der Waals surface area contributed by atoms with E-state index in [4.69, 9.17) is 0 Å². The van der Waals surface area contributed by atoms with Crippen molar-refractivity contribution in [2.24, 2.45) is 0 Å². The number of rotatable bonds is 5. The minimum absolute atomic E-state index is 0.0142. The summed E-state index contributed by atoms with van der Waals surface area (Å²) in [5, 5.41) is 14.4. The molecule has 0 radical (unpaired) electrons. The number of nitro benzene ring substituents is 1. The number of fused-ring (bicyclic) bond motifs is 1. The smallest absolute Gasteiger partial charge is 0.274 e. The van der Waals surface area contributed by atoms with Crippen LogP contribution in [0.25, 0.3) is 5.52 Å². The van der Waals surface area contributed by atoms with E-state index in [0.717, 1.165) is 10.7 Å². The highest BCUT2D eigenvalue weighted by molar-refractivity contribution is 7.99. The zero-order valence-electron chi connectivity index (χ0n) is 12.8. The lowest BCUT2D eigenvalue weighted by Gasteiger charge is -2.08. The van der Waals surface area contributed by atoms with Crippen molar-refractivity contribution in [3.63, 3.8) is 0 Å². The summed E-state index contributed by atoms with van der Waals surface area (Å²) in [6.45, 7) is 1.61. The first-order valence-electron chi connectivity index (χ1n) is 7.15. The number of carbonyl (C=O) groups is 1. The summed E-state index contributed by atoms with van der Waals surface area (Å²) >= 11 is 1.31. The Morgan fingerprint density at radius 3 is 2.96 bits per heavy atom. The summed E-state index contributed by atoms with van der Waals surface area (Å²) in [5.74, 6) is -0.0767. The van der Waals surface area contributed by atoms with E-state index < -0.39 is 4.92 Å². The number of nitrogens with one attached hydrogen (secondary N) is 1. The van der Waals surface area contributed by atoms with E-state index in [9.17, 15) is 14.9 Å². The van der Waals surface area contributed by atoms with Gasteiger partial charge in [-0.15, -0.1) is 0 Å². The number of hydrogen-bond acceptors (Lipinski definition) is 5. The van der Waals surface area contributed by atoms with Gasteiger partial charge in [-0.1, -0.05) is 23.9 Å². The van der Waals surface area contributed by atoms with E-state index in [1.165, 1.54) is 17.8 Å². The second-order valence-corrected chi connectivity index (χ2v) is 6.02. The van der Waals surface area contributed by atoms with Crippen LogP contribution in [0.4, 0.5) is 11.4 Å². The SMILES string of the molecule is Cc1c(NC(=O)CSc2ncc3ccccn23)cccc1[N+](=O)[O-]. The summed E-state index contributed by atoms with van der Waals surface area (Å²) in [6, 6.07) is 10.4. The molecule has 0 bridgehead atoms. The Kier molecular flexibility index (Phi) is 4.48. The number of benzene rings is 1. The minimum Gasteiger partial charge on any atom is -0.325 e. The van der Waals surface area contributed by atoms with Crippen LogP contribution in [-0.2, 0) is 4.79 Å². The predicted molar refractivity (Wildman–Crippen MR) is 92.4 cm³/mol. The van der Waals surface area contributed by atoms with Crippen molar-refractivity contribution in [1.82, 2.24) is 9.38 Å². The quantitative estimate of drug-likeness (QED) is 0.436. The molecule has 24 heavy (non-hydrogen) atoms. The molecule has 1 amide bonds. The Bertz CT molecular complexity index is 923. The van der Waals surface area contributed by atoms with Gasteiger partial charge in [0.25, 0.3) is 5.69 Å². The van der Waals surface area contributed by atoms with Crippen LogP contribution in [0.15, 0.2) is 53.9 Å². The highest BCUT2D eigenvalue weighted by Gasteiger charge is 2.15. The third-order valence-corrected chi connectivity index (χ3v) is 4.48. The largest absolute Gasteiger partial charge is 0.325 e. The Labute approximate surface area is 141 Å². The maximum absolute atomic E-state index is 12.1. The average molecular weight is 342 g/mol. The Hall–Kier alpha value is -2.87. The molecular weight excluding hydrogens is 328 g/mol. The van der Waals surface area contributed by atoms with Gasteiger partial charge in [-0.25, -0.2) is 4.98 Å². The lowest BCUT2D eigenvalue weighted by atomic mass is 10.1. The number of pyridine rings is 1.